The summed E-state index contributed by atoms with van der Waals surface area (Å²) in [5.74, 6) is -7.07. The van der Waals surface area contributed by atoms with Gasteiger partial charge in [-0.1, -0.05) is 0 Å². The quantitative estimate of drug-likeness (QED) is 0.647. The number of carbonyl (C=O) groups excluding carboxylic acids is 1. The van der Waals surface area contributed by atoms with Crippen molar-refractivity contribution >= 4 is 11.6 Å². The molecule has 0 saturated carbocycles. The van der Waals surface area contributed by atoms with Crippen LogP contribution in [0.4, 0.5) is 32.0 Å². The molecule has 3 N–H and O–H groups in total. The van der Waals surface area contributed by atoms with E-state index in [2.05, 4.69) is 0 Å². The molecule has 0 aliphatic carbocycles. The van der Waals surface area contributed by atoms with Crippen molar-refractivity contribution in [1.29, 1.82) is 0 Å². The Morgan fingerprint density at radius 3 is 2.16 bits per heavy atom. The predicted molar refractivity (Wildman–Crippen MR) is 53.6 cm³/mol. The molecule has 0 saturated heterocycles. The molecule has 106 valence electrons. The Hall–Kier alpha value is -1.77. The Bertz CT molecular complexity index is 511. The zero-order valence-electron chi connectivity index (χ0n) is 9.41. The standard InChI is InChI=1S/C10H8F6N2O/c1-9(17,10(14,15)16)8(19)18-5-3-2-4(11)6(12)7(5)13/h2-3H,17H2,1H3,(H,18,19). The van der Waals surface area contributed by atoms with Gasteiger partial charge >= 0.3 is 6.18 Å². The van der Waals surface area contributed by atoms with Crippen LogP contribution in [0.25, 0.3) is 0 Å². The highest BCUT2D eigenvalue weighted by atomic mass is 19.4. The van der Waals surface area contributed by atoms with Gasteiger partial charge in [-0.3, -0.25) is 4.79 Å². The van der Waals surface area contributed by atoms with Crippen LogP contribution in [0.1, 0.15) is 6.92 Å². The van der Waals surface area contributed by atoms with Crippen molar-refractivity contribution in [2.75, 3.05) is 5.32 Å². The average Bonchev–Trinajstić information content (AvgIpc) is 2.28. The monoisotopic (exact) mass is 286 g/mol. The van der Waals surface area contributed by atoms with Crippen molar-refractivity contribution in [3.8, 4) is 0 Å². The molecule has 1 aromatic rings. The van der Waals surface area contributed by atoms with Crippen LogP contribution in [0.3, 0.4) is 0 Å². The summed E-state index contributed by atoms with van der Waals surface area (Å²) in [5, 5.41) is 1.46. The molecule has 0 fully saturated rings. The van der Waals surface area contributed by atoms with E-state index >= 15 is 0 Å². The van der Waals surface area contributed by atoms with E-state index in [1.165, 1.54) is 5.32 Å². The Labute approximate surface area is 103 Å². The third kappa shape index (κ3) is 2.80. The van der Waals surface area contributed by atoms with Crippen LogP contribution >= 0.6 is 0 Å². The van der Waals surface area contributed by atoms with E-state index in [9.17, 15) is 31.1 Å². The van der Waals surface area contributed by atoms with Gasteiger partial charge in [-0.05, 0) is 19.1 Å². The smallest absolute Gasteiger partial charge is 0.322 e. The molecular formula is C10H8F6N2O. The van der Waals surface area contributed by atoms with Crippen molar-refractivity contribution in [1.82, 2.24) is 0 Å². The van der Waals surface area contributed by atoms with Crippen LogP contribution in [0.2, 0.25) is 0 Å². The van der Waals surface area contributed by atoms with Gasteiger partial charge in [-0.15, -0.1) is 0 Å². The molecule has 0 spiro atoms. The summed E-state index contributed by atoms with van der Waals surface area (Å²) in [6, 6.07) is 1.04. The molecule has 0 heterocycles. The second-order valence-electron chi connectivity index (χ2n) is 3.88. The molecule has 1 amide bonds. The summed E-state index contributed by atoms with van der Waals surface area (Å²) in [7, 11) is 0. The highest BCUT2D eigenvalue weighted by Crippen LogP contribution is 2.29. The molecule has 0 aliphatic heterocycles. The van der Waals surface area contributed by atoms with Gasteiger partial charge in [-0.25, -0.2) is 13.2 Å². The maximum Gasteiger partial charge on any atom is 0.415 e. The third-order valence-electron chi connectivity index (χ3n) is 2.34. The molecule has 1 aromatic carbocycles. The van der Waals surface area contributed by atoms with Gasteiger partial charge in [-0.2, -0.15) is 13.2 Å². The zero-order valence-corrected chi connectivity index (χ0v) is 9.41. The van der Waals surface area contributed by atoms with Crippen molar-refractivity contribution < 1.29 is 31.1 Å². The minimum Gasteiger partial charge on any atom is -0.322 e. The van der Waals surface area contributed by atoms with Crippen LogP contribution in [0.15, 0.2) is 12.1 Å². The van der Waals surface area contributed by atoms with Crippen LogP contribution < -0.4 is 11.1 Å². The van der Waals surface area contributed by atoms with E-state index < -0.39 is 40.8 Å². The molecule has 9 heteroatoms. The van der Waals surface area contributed by atoms with Gasteiger partial charge in [0.15, 0.2) is 23.0 Å². The van der Waals surface area contributed by atoms with Crippen molar-refractivity contribution in [3.63, 3.8) is 0 Å². The molecular weight excluding hydrogens is 278 g/mol. The summed E-state index contributed by atoms with van der Waals surface area (Å²) >= 11 is 0. The first kappa shape index (κ1) is 15.3. The molecule has 0 radical (unpaired) electrons. The minimum absolute atomic E-state index is 0.361. The lowest BCUT2D eigenvalue weighted by Gasteiger charge is -2.26. The summed E-state index contributed by atoms with van der Waals surface area (Å²) in [4.78, 5) is 11.3. The van der Waals surface area contributed by atoms with E-state index in [4.69, 9.17) is 5.73 Å². The van der Waals surface area contributed by atoms with Crippen molar-refractivity contribution in [3.05, 3.63) is 29.6 Å². The van der Waals surface area contributed by atoms with Gasteiger partial charge < -0.3 is 11.1 Å². The largest absolute Gasteiger partial charge is 0.415 e. The number of alkyl halides is 3. The number of hydrogen-bond donors (Lipinski definition) is 2. The first-order valence-corrected chi connectivity index (χ1v) is 4.79. The zero-order chi connectivity index (χ0) is 15.0. The fraction of sp³-hybridized carbons (Fsp3) is 0.300. The number of nitrogens with two attached hydrogens (primary N) is 1. The summed E-state index contributed by atoms with van der Waals surface area (Å²) in [6.07, 6.45) is -5.09. The van der Waals surface area contributed by atoms with E-state index in [-0.39, 0.29) is 0 Å². The van der Waals surface area contributed by atoms with Crippen molar-refractivity contribution in [2.45, 2.75) is 18.6 Å². The minimum atomic E-state index is -5.09. The lowest BCUT2D eigenvalue weighted by atomic mass is 10.0. The molecule has 0 aromatic heterocycles. The SMILES string of the molecule is CC(N)(C(=O)Nc1ccc(F)c(F)c1F)C(F)(F)F. The number of amides is 1. The number of nitrogens with one attached hydrogen (secondary N) is 1. The topological polar surface area (TPSA) is 55.1 Å². The Morgan fingerprint density at radius 2 is 1.68 bits per heavy atom. The second-order valence-corrected chi connectivity index (χ2v) is 3.88. The number of carbonyl (C=O) groups is 1. The highest BCUT2D eigenvalue weighted by molar-refractivity contribution is 5.98. The van der Waals surface area contributed by atoms with E-state index in [1.54, 1.807) is 0 Å². The second kappa shape index (κ2) is 4.72. The maximum atomic E-state index is 13.2. The Morgan fingerprint density at radius 1 is 1.16 bits per heavy atom. The van der Waals surface area contributed by atoms with Crippen molar-refractivity contribution in [2.24, 2.45) is 5.73 Å². The first-order valence-electron chi connectivity index (χ1n) is 4.79. The lowest BCUT2D eigenvalue weighted by molar-refractivity contribution is -0.184. The predicted octanol–water partition coefficient (Wildman–Crippen LogP) is 2.32. The van der Waals surface area contributed by atoms with E-state index in [0.717, 1.165) is 0 Å². The van der Waals surface area contributed by atoms with E-state index in [1.807, 2.05) is 0 Å². The molecule has 0 bridgehead atoms. The maximum absolute atomic E-state index is 13.2. The molecule has 19 heavy (non-hydrogen) atoms. The average molecular weight is 286 g/mol. The molecule has 1 unspecified atom stereocenters. The number of halogens is 6. The number of anilines is 1. The fourth-order valence-corrected chi connectivity index (χ4v) is 1.00. The number of rotatable bonds is 2. The Balaban J connectivity index is 3.05. The van der Waals surface area contributed by atoms with Gasteiger partial charge in [0.2, 0.25) is 0 Å². The van der Waals surface area contributed by atoms with Crippen LogP contribution in [-0.2, 0) is 4.79 Å². The normalized spacial score (nSPS) is 14.9. The van der Waals surface area contributed by atoms with Gasteiger partial charge in [0, 0.05) is 0 Å². The highest BCUT2D eigenvalue weighted by Gasteiger charge is 2.54. The van der Waals surface area contributed by atoms with Gasteiger partial charge in [0.25, 0.3) is 5.91 Å². The summed E-state index contributed by atoms with van der Waals surface area (Å²) < 4.78 is 75.8. The lowest BCUT2D eigenvalue weighted by Crippen LogP contribution is -2.59. The first-order chi connectivity index (χ1) is 8.48. The van der Waals surface area contributed by atoms with Gasteiger partial charge in [0.05, 0.1) is 5.69 Å². The number of benzene rings is 1. The van der Waals surface area contributed by atoms with E-state index in [0.29, 0.717) is 19.1 Å². The van der Waals surface area contributed by atoms with Crippen LogP contribution in [0.5, 0.6) is 0 Å². The fourth-order valence-electron chi connectivity index (χ4n) is 1.00. The van der Waals surface area contributed by atoms with Crippen LogP contribution in [-0.4, -0.2) is 17.6 Å². The summed E-state index contributed by atoms with van der Waals surface area (Å²) in [6.45, 7) is 0.361. The molecule has 3 nitrogen and oxygen atoms in total. The van der Waals surface area contributed by atoms with Gasteiger partial charge in [0.1, 0.15) is 0 Å². The third-order valence-corrected chi connectivity index (χ3v) is 2.34. The molecule has 0 aliphatic rings. The van der Waals surface area contributed by atoms with Crippen LogP contribution in [0, 0.1) is 17.5 Å². The molecule has 1 atom stereocenters. The Kier molecular flexibility index (Phi) is 3.80. The number of hydrogen-bond acceptors (Lipinski definition) is 2. The molecule has 1 rings (SSSR count). The summed E-state index contributed by atoms with van der Waals surface area (Å²) in [5.41, 5.74) is 0.535.